The summed E-state index contributed by atoms with van der Waals surface area (Å²) in [6, 6.07) is 4.05. The van der Waals surface area contributed by atoms with Crippen molar-refractivity contribution in [2.24, 2.45) is 5.73 Å². The number of nitrogens with two attached hydrogens (primary N) is 1. The van der Waals surface area contributed by atoms with Gasteiger partial charge in [-0.05, 0) is 19.1 Å². The molecule has 1 unspecified atom stereocenters. The predicted molar refractivity (Wildman–Crippen MR) is 52.3 cm³/mol. The Hall–Kier alpha value is -1.95. The molecule has 0 saturated carbocycles. The highest BCUT2D eigenvalue weighted by Crippen LogP contribution is 2.14. The van der Waals surface area contributed by atoms with Crippen LogP contribution in [0, 0.1) is 6.92 Å². The minimum Gasteiger partial charge on any atom is -0.480 e. The molecule has 0 fully saturated rings. The standard InChI is InChI=1S/C9H10N4O2/c1-5-11-12-7-4-2-3-6(13(5)7)8(10)9(14)15/h2-4,8H,10H2,1H3,(H,14,15). The van der Waals surface area contributed by atoms with E-state index in [0.29, 0.717) is 17.2 Å². The van der Waals surface area contributed by atoms with Crippen molar-refractivity contribution in [2.75, 3.05) is 0 Å². The van der Waals surface area contributed by atoms with Crippen LogP contribution in [0.15, 0.2) is 18.2 Å². The summed E-state index contributed by atoms with van der Waals surface area (Å²) >= 11 is 0. The molecule has 0 aromatic carbocycles. The average molecular weight is 206 g/mol. The van der Waals surface area contributed by atoms with Crippen molar-refractivity contribution in [3.8, 4) is 0 Å². The van der Waals surface area contributed by atoms with Gasteiger partial charge in [-0.15, -0.1) is 10.2 Å². The molecule has 0 radical (unpaired) electrons. The predicted octanol–water partition coefficient (Wildman–Crippen LogP) is 0.122. The lowest BCUT2D eigenvalue weighted by atomic mass is 10.2. The number of hydrogen-bond acceptors (Lipinski definition) is 4. The monoisotopic (exact) mass is 206 g/mol. The van der Waals surface area contributed by atoms with Gasteiger partial charge in [0.1, 0.15) is 11.9 Å². The SMILES string of the molecule is Cc1nnc2cccc(C(N)C(=O)O)n12. The van der Waals surface area contributed by atoms with E-state index >= 15 is 0 Å². The molecule has 2 aromatic heterocycles. The molecule has 0 bridgehead atoms. The van der Waals surface area contributed by atoms with Gasteiger partial charge in [0.15, 0.2) is 5.65 Å². The van der Waals surface area contributed by atoms with E-state index in [9.17, 15) is 4.79 Å². The number of hydrogen-bond donors (Lipinski definition) is 2. The summed E-state index contributed by atoms with van der Waals surface area (Å²) in [5.41, 5.74) is 6.63. The Labute approximate surface area is 85.3 Å². The number of carboxylic acid groups (broad SMARTS) is 1. The molecule has 0 aliphatic rings. The number of fused-ring (bicyclic) bond motifs is 1. The molecule has 0 saturated heterocycles. The summed E-state index contributed by atoms with van der Waals surface area (Å²) in [5, 5.41) is 16.6. The van der Waals surface area contributed by atoms with Crippen LogP contribution in [0.5, 0.6) is 0 Å². The second-order valence-electron chi connectivity index (χ2n) is 3.21. The van der Waals surface area contributed by atoms with Gasteiger partial charge in [0.05, 0.1) is 5.69 Å². The minimum atomic E-state index is -1.07. The first-order valence-electron chi connectivity index (χ1n) is 4.40. The van der Waals surface area contributed by atoms with Gasteiger partial charge in [0.2, 0.25) is 0 Å². The molecule has 78 valence electrons. The molecule has 0 aliphatic carbocycles. The topological polar surface area (TPSA) is 93.5 Å². The highest BCUT2D eigenvalue weighted by atomic mass is 16.4. The maximum atomic E-state index is 10.8. The maximum Gasteiger partial charge on any atom is 0.326 e. The van der Waals surface area contributed by atoms with Crippen LogP contribution in [0.25, 0.3) is 5.65 Å². The smallest absolute Gasteiger partial charge is 0.326 e. The normalized spacial score (nSPS) is 12.9. The molecule has 6 heteroatoms. The molecule has 6 nitrogen and oxygen atoms in total. The van der Waals surface area contributed by atoms with Crippen molar-refractivity contribution in [2.45, 2.75) is 13.0 Å². The van der Waals surface area contributed by atoms with Crippen molar-refractivity contribution in [1.29, 1.82) is 0 Å². The number of aliphatic carboxylic acids is 1. The van der Waals surface area contributed by atoms with E-state index in [2.05, 4.69) is 10.2 Å². The molecule has 0 aliphatic heterocycles. The Balaban J connectivity index is 2.69. The zero-order valence-corrected chi connectivity index (χ0v) is 8.08. The third-order valence-electron chi connectivity index (χ3n) is 2.21. The van der Waals surface area contributed by atoms with Gasteiger partial charge in [-0.1, -0.05) is 6.07 Å². The van der Waals surface area contributed by atoms with E-state index in [-0.39, 0.29) is 0 Å². The van der Waals surface area contributed by atoms with Crippen LogP contribution in [0.4, 0.5) is 0 Å². The molecule has 1 atom stereocenters. The first-order chi connectivity index (χ1) is 7.11. The Kier molecular flexibility index (Phi) is 2.12. The lowest BCUT2D eigenvalue weighted by Gasteiger charge is -2.09. The van der Waals surface area contributed by atoms with E-state index in [1.54, 1.807) is 29.5 Å². The largest absolute Gasteiger partial charge is 0.480 e. The summed E-state index contributed by atoms with van der Waals surface area (Å²) in [4.78, 5) is 10.8. The average Bonchev–Trinajstić information content (AvgIpc) is 2.59. The lowest BCUT2D eigenvalue weighted by molar-refractivity contribution is -0.138. The number of nitrogens with zero attached hydrogens (tertiary/aromatic N) is 3. The number of carboxylic acids is 1. The van der Waals surface area contributed by atoms with Crippen LogP contribution in [-0.4, -0.2) is 25.7 Å². The maximum absolute atomic E-state index is 10.8. The number of carbonyl (C=O) groups is 1. The van der Waals surface area contributed by atoms with Crippen molar-refractivity contribution >= 4 is 11.6 Å². The van der Waals surface area contributed by atoms with Crippen LogP contribution >= 0.6 is 0 Å². The molecular weight excluding hydrogens is 196 g/mol. The Morgan fingerprint density at radius 1 is 1.53 bits per heavy atom. The Morgan fingerprint density at radius 2 is 2.27 bits per heavy atom. The molecule has 0 amide bonds. The van der Waals surface area contributed by atoms with E-state index in [4.69, 9.17) is 10.8 Å². The van der Waals surface area contributed by atoms with Crippen LogP contribution in [0.3, 0.4) is 0 Å². The number of aromatic nitrogens is 3. The molecular formula is C9H10N4O2. The molecule has 0 spiro atoms. The van der Waals surface area contributed by atoms with Crippen LogP contribution in [-0.2, 0) is 4.79 Å². The van der Waals surface area contributed by atoms with Gasteiger partial charge in [-0.2, -0.15) is 0 Å². The van der Waals surface area contributed by atoms with Crippen molar-refractivity contribution in [3.63, 3.8) is 0 Å². The van der Waals surface area contributed by atoms with Crippen LogP contribution in [0.1, 0.15) is 17.6 Å². The zero-order chi connectivity index (χ0) is 11.0. The van der Waals surface area contributed by atoms with Gasteiger partial charge in [0.25, 0.3) is 0 Å². The first-order valence-corrected chi connectivity index (χ1v) is 4.40. The number of pyridine rings is 1. The molecule has 3 N–H and O–H groups in total. The van der Waals surface area contributed by atoms with Gasteiger partial charge >= 0.3 is 5.97 Å². The number of aryl methyl sites for hydroxylation is 1. The second kappa shape index (κ2) is 3.32. The first kappa shape index (κ1) is 9.60. The number of rotatable bonds is 2. The van der Waals surface area contributed by atoms with E-state index in [1.807, 2.05) is 0 Å². The van der Waals surface area contributed by atoms with Gasteiger partial charge in [0, 0.05) is 0 Å². The molecule has 2 heterocycles. The fraction of sp³-hybridized carbons (Fsp3) is 0.222. The highest BCUT2D eigenvalue weighted by Gasteiger charge is 2.18. The molecule has 2 rings (SSSR count). The van der Waals surface area contributed by atoms with Crippen LogP contribution in [0.2, 0.25) is 0 Å². The summed E-state index contributed by atoms with van der Waals surface area (Å²) in [7, 11) is 0. The minimum absolute atomic E-state index is 0.475. The Bertz CT molecular complexity index is 520. The summed E-state index contributed by atoms with van der Waals surface area (Å²) in [5.74, 6) is -0.451. The summed E-state index contributed by atoms with van der Waals surface area (Å²) in [6.07, 6.45) is 0. The lowest BCUT2D eigenvalue weighted by Crippen LogP contribution is -2.23. The quantitative estimate of drug-likeness (QED) is 0.728. The van der Waals surface area contributed by atoms with E-state index in [1.165, 1.54) is 0 Å². The second-order valence-corrected chi connectivity index (χ2v) is 3.21. The van der Waals surface area contributed by atoms with Crippen molar-refractivity contribution in [3.05, 3.63) is 29.7 Å². The molecule has 15 heavy (non-hydrogen) atoms. The van der Waals surface area contributed by atoms with Crippen molar-refractivity contribution < 1.29 is 9.90 Å². The Morgan fingerprint density at radius 3 is 2.93 bits per heavy atom. The third kappa shape index (κ3) is 1.44. The third-order valence-corrected chi connectivity index (χ3v) is 2.21. The zero-order valence-electron chi connectivity index (χ0n) is 8.08. The summed E-state index contributed by atoms with van der Waals surface area (Å²) in [6.45, 7) is 1.75. The fourth-order valence-corrected chi connectivity index (χ4v) is 1.48. The van der Waals surface area contributed by atoms with E-state index in [0.717, 1.165) is 0 Å². The van der Waals surface area contributed by atoms with Gasteiger partial charge in [-0.3, -0.25) is 9.20 Å². The van der Waals surface area contributed by atoms with E-state index < -0.39 is 12.0 Å². The van der Waals surface area contributed by atoms with Gasteiger partial charge in [-0.25, -0.2) is 0 Å². The highest BCUT2D eigenvalue weighted by molar-refractivity contribution is 5.75. The molecule has 2 aromatic rings. The van der Waals surface area contributed by atoms with Crippen molar-refractivity contribution in [1.82, 2.24) is 14.6 Å². The summed E-state index contributed by atoms with van der Waals surface area (Å²) < 4.78 is 1.64. The van der Waals surface area contributed by atoms with Crippen LogP contribution < -0.4 is 5.73 Å². The van der Waals surface area contributed by atoms with Gasteiger partial charge < -0.3 is 10.8 Å². The fourth-order valence-electron chi connectivity index (χ4n) is 1.48.